The first-order chi connectivity index (χ1) is 11.0. The summed E-state index contributed by atoms with van der Waals surface area (Å²) in [5.41, 5.74) is 2.29. The Morgan fingerprint density at radius 3 is 2.46 bits per heavy atom. The van der Waals surface area contributed by atoms with E-state index in [1.165, 1.54) is 0 Å². The number of benzene rings is 2. The van der Waals surface area contributed by atoms with Crippen LogP contribution in [0.3, 0.4) is 0 Å². The number of carbonyl (C=O) groups excluding carboxylic acids is 1. The van der Waals surface area contributed by atoms with Crippen molar-refractivity contribution in [1.82, 2.24) is 5.32 Å². The number of rotatable bonds is 4. The van der Waals surface area contributed by atoms with Crippen LogP contribution in [0, 0.1) is 0 Å². The lowest BCUT2D eigenvalue weighted by atomic mass is 10.00. The van der Waals surface area contributed by atoms with Crippen LogP contribution in [0.25, 0.3) is 0 Å². The number of hydrogen-bond donors (Lipinski definition) is 2. The number of alkyl halides is 2. The smallest absolute Gasteiger partial charge is 0.408 e. The van der Waals surface area contributed by atoms with Gasteiger partial charge in [0.2, 0.25) is 0 Å². The SMILES string of the molecule is Cl.O=C1N[C@H](c2ccc(NCc3ccccc3)cc2)C(F)(F)CO1. The highest BCUT2D eigenvalue weighted by Crippen LogP contribution is 2.34. The fourth-order valence-corrected chi connectivity index (χ4v) is 2.43. The van der Waals surface area contributed by atoms with Gasteiger partial charge in [0.15, 0.2) is 6.61 Å². The van der Waals surface area contributed by atoms with Crippen LogP contribution in [0.4, 0.5) is 19.3 Å². The molecule has 1 aliphatic heterocycles. The maximum atomic E-state index is 13.8. The monoisotopic (exact) mass is 354 g/mol. The normalized spacial score (nSPS) is 18.8. The summed E-state index contributed by atoms with van der Waals surface area (Å²) in [4.78, 5) is 11.2. The number of halogens is 3. The minimum atomic E-state index is -3.13. The standard InChI is InChI=1S/C17H16F2N2O2.ClH/c18-17(19)11-23-16(22)21-15(17)13-6-8-14(9-7-13)20-10-12-4-2-1-3-5-12;/h1-9,15,20H,10-11H2,(H,21,22);1H/t15-;/m1./s1. The molecule has 7 heteroatoms. The summed E-state index contributed by atoms with van der Waals surface area (Å²) in [6.45, 7) is -0.262. The molecule has 2 aromatic rings. The van der Waals surface area contributed by atoms with Crippen LogP contribution >= 0.6 is 12.4 Å². The Labute approximate surface area is 144 Å². The van der Waals surface area contributed by atoms with Gasteiger partial charge in [-0.2, -0.15) is 0 Å². The van der Waals surface area contributed by atoms with E-state index in [2.05, 4.69) is 15.4 Å². The van der Waals surface area contributed by atoms with Gasteiger partial charge in [0.1, 0.15) is 6.04 Å². The molecule has 3 rings (SSSR count). The Morgan fingerprint density at radius 1 is 1.12 bits per heavy atom. The van der Waals surface area contributed by atoms with E-state index in [1.54, 1.807) is 24.3 Å². The van der Waals surface area contributed by atoms with Crippen LogP contribution in [0.2, 0.25) is 0 Å². The Morgan fingerprint density at radius 2 is 1.79 bits per heavy atom. The molecule has 0 saturated carbocycles. The summed E-state index contributed by atoms with van der Waals surface area (Å²) < 4.78 is 32.0. The molecule has 0 bridgehead atoms. The van der Waals surface area contributed by atoms with E-state index in [0.29, 0.717) is 12.1 Å². The van der Waals surface area contributed by atoms with E-state index >= 15 is 0 Å². The van der Waals surface area contributed by atoms with Crippen molar-refractivity contribution in [3.05, 3.63) is 65.7 Å². The van der Waals surface area contributed by atoms with Gasteiger partial charge >= 0.3 is 12.0 Å². The van der Waals surface area contributed by atoms with E-state index in [9.17, 15) is 13.6 Å². The van der Waals surface area contributed by atoms with E-state index in [-0.39, 0.29) is 12.4 Å². The molecular formula is C17H17ClF2N2O2. The number of amides is 1. The van der Waals surface area contributed by atoms with E-state index in [0.717, 1.165) is 11.3 Å². The molecule has 0 radical (unpaired) electrons. The number of hydrogen-bond acceptors (Lipinski definition) is 3. The third kappa shape index (κ3) is 4.14. The van der Waals surface area contributed by atoms with Crippen LogP contribution in [0.5, 0.6) is 0 Å². The molecular weight excluding hydrogens is 338 g/mol. The molecule has 24 heavy (non-hydrogen) atoms. The predicted octanol–water partition coefficient (Wildman–Crippen LogP) is 4.14. The van der Waals surface area contributed by atoms with Gasteiger partial charge in [-0.15, -0.1) is 12.4 Å². The molecule has 0 unspecified atom stereocenters. The highest BCUT2D eigenvalue weighted by molar-refractivity contribution is 5.85. The largest absolute Gasteiger partial charge is 0.443 e. The summed E-state index contributed by atoms with van der Waals surface area (Å²) in [5, 5.41) is 5.39. The zero-order valence-electron chi connectivity index (χ0n) is 12.7. The molecule has 4 nitrogen and oxygen atoms in total. The van der Waals surface area contributed by atoms with Crippen molar-refractivity contribution < 1.29 is 18.3 Å². The van der Waals surface area contributed by atoms with Crippen molar-refractivity contribution in [3.8, 4) is 0 Å². The zero-order valence-corrected chi connectivity index (χ0v) is 13.5. The summed E-state index contributed by atoms with van der Waals surface area (Å²) in [7, 11) is 0. The molecule has 0 aliphatic carbocycles. The van der Waals surface area contributed by atoms with E-state index in [4.69, 9.17) is 0 Å². The van der Waals surface area contributed by atoms with E-state index in [1.807, 2.05) is 30.3 Å². The first-order valence-electron chi connectivity index (χ1n) is 7.23. The second-order valence-electron chi connectivity index (χ2n) is 5.38. The molecule has 128 valence electrons. The summed E-state index contributed by atoms with van der Waals surface area (Å²) in [5.74, 6) is -3.13. The van der Waals surface area contributed by atoms with Crippen molar-refractivity contribution in [2.24, 2.45) is 0 Å². The molecule has 1 saturated heterocycles. The number of nitrogens with one attached hydrogen (secondary N) is 2. The number of carbonyl (C=O) groups is 1. The Bertz CT molecular complexity index is 681. The lowest BCUT2D eigenvalue weighted by Crippen LogP contribution is -2.49. The fourth-order valence-electron chi connectivity index (χ4n) is 2.43. The molecule has 1 atom stereocenters. The van der Waals surface area contributed by atoms with Gasteiger partial charge in [-0.1, -0.05) is 42.5 Å². The van der Waals surface area contributed by atoms with Crippen LogP contribution in [0.15, 0.2) is 54.6 Å². The van der Waals surface area contributed by atoms with Crippen LogP contribution in [0.1, 0.15) is 17.2 Å². The van der Waals surface area contributed by atoms with Crippen molar-refractivity contribution in [1.29, 1.82) is 0 Å². The molecule has 1 heterocycles. The minimum Gasteiger partial charge on any atom is -0.443 e. The average Bonchev–Trinajstić information content (AvgIpc) is 2.57. The Kier molecular flexibility index (Phi) is 5.62. The number of ether oxygens (including phenoxy) is 1. The van der Waals surface area contributed by atoms with Crippen LogP contribution in [-0.2, 0) is 11.3 Å². The lowest BCUT2D eigenvalue weighted by Gasteiger charge is -2.31. The number of anilines is 1. The van der Waals surface area contributed by atoms with Crippen LogP contribution < -0.4 is 10.6 Å². The first-order valence-corrected chi connectivity index (χ1v) is 7.23. The van der Waals surface area contributed by atoms with Gasteiger partial charge in [0.05, 0.1) is 0 Å². The maximum absolute atomic E-state index is 13.8. The molecule has 1 fully saturated rings. The maximum Gasteiger partial charge on any atom is 0.408 e. The van der Waals surface area contributed by atoms with Gasteiger partial charge in [-0.3, -0.25) is 0 Å². The molecule has 0 aromatic heterocycles. The number of alkyl carbamates (subject to hydrolysis) is 1. The zero-order chi connectivity index (χ0) is 16.3. The third-order valence-electron chi connectivity index (χ3n) is 3.66. The second-order valence-corrected chi connectivity index (χ2v) is 5.38. The topological polar surface area (TPSA) is 50.4 Å². The quantitative estimate of drug-likeness (QED) is 0.867. The molecule has 2 aromatic carbocycles. The molecule has 1 amide bonds. The third-order valence-corrected chi connectivity index (χ3v) is 3.66. The van der Waals surface area contributed by atoms with Crippen LogP contribution in [-0.4, -0.2) is 18.6 Å². The Hall–Kier alpha value is -2.34. The van der Waals surface area contributed by atoms with Gasteiger partial charge < -0.3 is 15.4 Å². The minimum absolute atomic E-state index is 0. The van der Waals surface area contributed by atoms with E-state index < -0.39 is 24.7 Å². The van der Waals surface area contributed by atoms with Gasteiger partial charge in [0.25, 0.3) is 0 Å². The van der Waals surface area contributed by atoms with Crippen molar-refractivity contribution in [2.45, 2.75) is 18.5 Å². The van der Waals surface area contributed by atoms with Crippen molar-refractivity contribution >= 4 is 24.2 Å². The van der Waals surface area contributed by atoms with Gasteiger partial charge in [-0.05, 0) is 23.3 Å². The Balaban J connectivity index is 0.00000208. The van der Waals surface area contributed by atoms with Gasteiger partial charge in [-0.25, -0.2) is 13.6 Å². The molecule has 1 aliphatic rings. The second kappa shape index (κ2) is 7.49. The van der Waals surface area contributed by atoms with Crippen molar-refractivity contribution in [3.63, 3.8) is 0 Å². The highest BCUT2D eigenvalue weighted by Gasteiger charge is 2.46. The summed E-state index contributed by atoms with van der Waals surface area (Å²) >= 11 is 0. The average molecular weight is 355 g/mol. The molecule has 0 spiro atoms. The predicted molar refractivity (Wildman–Crippen MR) is 89.6 cm³/mol. The summed E-state index contributed by atoms with van der Waals surface area (Å²) in [6.07, 6.45) is -0.827. The molecule has 2 N–H and O–H groups in total. The van der Waals surface area contributed by atoms with Crippen molar-refractivity contribution in [2.75, 3.05) is 11.9 Å². The van der Waals surface area contributed by atoms with Gasteiger partial charge in [0, 0.05) is 12.2 Å². The number of cyclic esters (lactones) is 1. The summed E-state index contributed by atoms with van der Waals surface area (Å²) in [6, 6.07) is 15.1. The first kappa shape index (κ1) is 18.0. The lowest BCUT2D eigenvalue weighted by molar-refractivity contribution is -0.104. The fraction of sp³-hybridized carbons (Fsp3) is 0.235. The highest BCUT2D eigenvalue weighted by atomic mass is 35.5.